The van der Waals surface area contributed by atoms with Gasteiger partial charge in [-0.3, -0.25) is 4.79 Å². The highest BCUT2D eigenvalue weighted by Crippen LogP contribution is 2.27. The van der Waals surface area contributed by atoms with Crippen molar-refractivity contribution < 1.29 is 9.18 Å². The van der Waals surface area contributed by atoms with Gasteiger partial charge in [-0.2, -0.15) is 0 Å². The van der Waals surface area contributed by atoms with Gasteiger partial charge in [-0.25, -0.2) is 14.4 Å². The number of H-pyrrole nitrogens is 1. The van der Waals surface area contributed by atoms with Crippen molar-refractivity contribution in [3.05, 3.63) is 58.1 Å². The SMILES string of the molecule is O=C1NCCc2[nH]c(-c3ccnc(-c4cc(Br)ccc4F)n3)cc21. The molecule has 0 spiro atoms. The van der Waals surface area contributed by atoms with Gasteiger partial charge in [-0.1, -0.05) is 15.9 Å². The summed E-state index contributed by atoms with van der Waals surface area (Å²) in [5, 5.41) is 2.81. The van der Waals surface area contributed by atoms with Crippen LogP contribution in [0.5, 0.6) is 0 Å². The number of hydrogen-bond donors (Lipinski definition) is 2. The number of carbonyl (C=O) groups excluding carboxylic acids is 1. The summed E-state index contributed by atoms with van der Waals surface area (Å²) in [4.78, 5) is 23.7. The highest BCUT2D eigenvalue weighted by Gasteiger charge is 2.20. The average molecular weight is 387 g/mol. The van der Waals surface area contributed by atoms with E-state index in [2.05, 4.69) is 36.2 Å². The summed E-state index contributed by atoms with van der Waals surface area (Å²) in [6, 6.07) is 8.14. The van der Waals surface area contributed by atoms with Crippen molar-refractivity contribution in [2.24, 2.45) is 0 Å². The molecule has 2 N–H and O–H groups in total. The van der Waals surface area contributed by atoms with Crippen molar-refractivity contribution in [3.63, 3.8) is 0 Å². The molecule has 0 atom stereocenters. The van der Waals surface area contributed by atoms with E-state index in [1.807, 2.05) is 0 Å². The minimum Gasteiger partial charge on any atom is -0.356 e. The Morgan fingerprint density at radius 3 is 2.88 bits per heavy atom. The van der Waals surface area contributed by atoms with Crippen LogP contribution in [0, 0.1) is 5.82 Å². The molecule has 0 aliphatic carbocycles. The van der Waals surface area contributed by atoms with Crippen LogP contribution < -0.4 is 5.32 Å². The second kappa shape index (κ2) is 5.83. The van der Waals surface area contributed by atoms with Crippen molar-refractivity contribution in [2.45, 2.75) is 6.42 Å². The molecule has 0 radical (unpaired) electrons. The van der Waals surface area contributed by atoms with Gasteiger partial charge < -0.3 is 10.3 Å². The predicted molar refractivity (Wildman–Crippen MR) is 90.9 cm³/mol. The molecule has 2 aromatic heterocycles. The van der Waals surface area contributed by atoms with E-state index in [1.165, 1.54) is 6.07 Å². The van der Waals surface area contributed by atoms with Gasteiger partial charge in [-0.05, 0) is 30.3 Å². The molecule has 0 saturated carbocycles. The van der Waals surface area contributed by atoms with Gasteiger partial charge in [0.05, 0.1) is 22.5 Å². The maximum absolute atomic E-state index is 14.1. The molecule has 1 aromatic carbocycles. The Morgan fingerprint density at radius 1 is 1.17 bits per heavy atom. The monoisotopic (exact) mass is 386 g/mol. The van der Waals surface area contributed by atoms with Gasteiger partial charge in [0.25, 0.3) is 5.91 Å². The minimum absolute atomic E-state index is 0.0916. The van der Waals surface area contributed by atoms with Crippen molar-refractivity contribution in [2.75, 3.05) is 6.54 Å². The molecule has 24 heavy (non-hydrogen) atoms. The zero-order valence-corrected chi connectivity index (χ0v) is 14.0. The fourth-order valence-electron chi connectivity index (χ4n) is 2.74. The lowest BCUT2D eigenvalue weighted by Gasteiger charge is -2.10. The maximum Gasteiger partial charge on any atom is 0.253 e. The van der Waals surface area contributed by atoms with Crippen LogP contribution in [0.3, 0.4) is 0 Å². The molecule has 0 fully saturated rings. The molecule has 120 valence electrons. The minimum atomic E-state index is -0.388. The largest absolute Gasteiger partial charge is 0.356 e. The summed E-state index contributed by atoms with van der Waals surface area (Å²) in [5.74, 6) is -0.185. The standard InChI is InChI=1S/C17H12BrFN4O/c18-9-1-2-12(19)10(7-9)16-20-5-4-14(23-16)15-8-11-13(22-15)3-6-21-17(11)24/h1-2,4-5,7-8,22H,3,6H2,(H,21,24). The van der Waals surface area contributed by atoms with Gasteiger partial charge in [0, 0.05) is 29.3 Å². The van der Waals surface area contributed by atoms with Gasteiger partial charge in [0.15, 0.2) is 5.82 Å². The molecule has 1 amide bonds. The number of hydrogen-bond acceptors (Lipinski definition) is 3. The van der Waals surface area contributed by atoms with Crippen molar-refractivity contribution >= 4 is 21.8 Å². The first-order valence-electron chi connectivity index (χ1n) is 7.41. The van der Waals surface area contributed by atoms with Crippen molar-refractivity contribution in [1.82, 2.24) is 20.3 Å². The number of aromatic nitrogens is 3. The Labute approximate surface area is 145 Å². The zero-order chi connectivity index (χ0) is 16.7. The normalized spacial score (nSPS) is 13.5. The average Bonchev–Trinajstić information content (AvgIpc) is 3.03. The van der Waals surface area contributed by atoms with Gasteiger partial charge >= 0.3 is 0 Å². The molecule has 7 heteroatoms. The second-order valence-corrected chi connectivity index (χ2v) is 6.39. The quantitative estimate of drug-likeness (QED) is 0.709. The first-order chi connectivity index (χ1) is 11.6. The van der Waals surface area contributed by atoms with Crippen LogP contribution >= 0.6 is 15.9 Å². The van der Waals surface area contributed by atoms with E-state index >= 15 is 0 Å². The lowest BCUT2D eigenvalue weighted by molar-refractivity contribution is 0.0946. The van der Waals surface area contributed by atoms with E-state index in [1.54, 1.807) is 30.5 Å². The van der Waals surface area contributed by atoms with E-state index in [0.29, 0.717) is 29.2 Å². The van der Waals surface area contributed by atoms with Gasteiger partial charge in [0.1, 0.15) is 5.82 Å². The van der Waals surface area contributed by atoms with E-state index < -0.39 is 0 Å². The molecule has 0 bridgehead atoms. The molecule has 3 heterocycles. The van der Waals surface area contributed by atoms with Crippen LogP contribution in [0.4, 0.5) is 4.39 Å². The van der Waals surface area contributed by atoms with Crippen LogP contribution in [0.2, 0.25) is 0 Å². The Balaban J connectivity index is 1.78. The smallest absolute Gasteiger partial charge is 0.253 e. The second-order valence-electron chi connectivity index (χ2n) is 5.47. The summed E-state index contributed by atoms with van der Waals surface area (Å²) in [6.45, 7) is 0.615. The number of rotatable bonds is 2. The van der Waals surface area contributed by atoms with Crippen LogP contribution in [0.25, 0.3) is 22.8 Å². The van der Waals surface area contributed by atoms with E-state index in [9.17, 15) is 9.18 Å². The summed E-state index contributed by atoms with van der Waals surface area (Å²) in [5.41, 5.74) is 3.17. The van der Waals surface area contributed by atoms with Crippen LogP contribution in [-0.2, 0) is 6.42 Å². The Morgan fingerprint density at radius 2 is 2.04 bits per heavy atom. The third kappa shape index (κ3) is 2.60. The summed E-state index contributed by atoms with van der Waals surface area (Å²) < 4.78 is 14.8. The highest BCUT2D eigenvalue weighted by molar-refractivity contribution is 9.10. The molecule has 1 aliphatic heterocycles. The van der Waals surface area contributed by atoms with Crippen molar-refractivity contribution in [3.8, 4) is 22.8 Å². The third-order valence-electron chi connectivity index (χ3n) is 3.91. The van der Waals surface area contributed by atoms with E-state index in [-0.39, 0.29) is 11.7 Å². The lowest BCUT2D eigenvalue weighted by atomic mass is 10.1. The number of amides is 1. The number of carbonyl (C=O) groups is 1. The zero-order valence-electron chi connectivity index (χ0n) is 12.4. The Bertz CT molecular complexity index is 954. The Hall–Kier alpha value is -2.54. The van der Waals surface area contributed by atoms with E-state index in [4.69, 9.17) is 0 Å². The third-order valence-corrected chi connectivity index (χ3v) is 4.40. The van der Waals surface area contributed by atoms with Crippen LogP contribution in [-0.4, -0.2) is 27.4 Å². The molecule has 0 unspecified atom stereocenters. The fourth-order valence-corrected chi connectivity index (χ4v) is 3.10. The number of aromatic amines is 1. The molecule has 3 aromatic rings. The van der Waals surface area contributed by atoms with Gasteiger partial charge in [-0.15, -0.1) is 0 Å². The molecule has 0 saturated heterocycles. The number of halogens is 2. The maximum atomic E-state index is 14.1. The first kappa shape index (κ1) is 15.0. The highest BCUT2D eigenvalue weighted by atomic mass is 79.9. The molecular weight excluding hydrogens is 375 g/mol. The van der Waals surface area contributed by atoms with Crippen LogP contribution in [0.15, 0.2) is 41.0 Å². The predicted octanol–water partition coefficient (Wildman–Crippen LogP) is 3.33. The Kier molecular flexibility index (Phi) is 3.65. The van der Waals surface area contributed by atoms with E-state index in [0.717, 1.165) is 22.3 Å². The lowest BCUT2D eigenvalue weighted by Crippen LogP contribution is -2.31. The fraction of sp³-hybridized carbons (Fsp3) is 0.118. The number of nitrogens with one attached hydrogen (secondary N) is 2. The number of nitrogens with zero attached hydrogens (tertiary/aromatic N) is 2. The first-order valence-corrected chi connectivity index (χ1v) is 8.20. The molecular formula is C17H12BrFN4O. The topological polar surface area (TPSA) is 70.7 Å². The molecule has 5 nitrogen and oxygen atoms in total. The number of benzene rings is 1. The molecule has 4 rings (SSSR count). The number of fused-ring (bicyclic) bond motifs is 1. The van der Waals surface area contributed by atoms with Crippen molar-refractivity contribution in [1.29, 1.82) is 0 Å². The van der Waals surface area contributed by atoms with Gasteiger partial charge in [0.2, 0.25) is 0 Å². The summed E-state index contributed by atoms with van der Waals surface area (Å²) >= 11 is 3.33. The van der Waals surface area contributed by atoms with Crippen LogP contribution in [0.1, 0.15) is 16.1 Å². The summed E-state index contributed by atoms with van der Waals surface area (Å²) in [7, 11) is 0. The molecule has 1 aliphatic rings. The summed E-state index contributed by atoms with van der Waals surface area (Å²) in [6.07, 6.45) is 2.33.